The Hall–Kier alpha value is -6.19. The summed E-state index contributed by atoms with van der Waals surface area (Å²) in [6, 6.07) is 12.6. The van der Waals surface area contributed by atoms with Crippen LogP contribution in [0.2, 0.25) is 0 Å². The Morgan fingerprint density at radius 3 is 2.31 bits per heavy atom. The third kappa shape index (κ3) is 5.95. The highest BCUT2D eigenvalue weighted by molar-refractivity contribution is 6.23. The van der Waals surface area contributed by atoms with Gasteiger partial charge in [0.1, 0.15) is 11.9 Å². The molecule has 0 radical (unpaired) electrons. The molecule has 2 aromatic carbocycles. The highest BCUT2D eigenvalue weighted by Crippen LogP contribution is 2.45. The van der Waals surface area contributed by atoms with Crippen molar-refractivity contribution in [3.8, 4) is 0 Å². The van der Waals surface area contributed by atoms with Crippen LogP contribution >= 0.6 is 0 Å². The Kier molecular flexibility index (Phi) is 8.16. The molecule has 4 N–H and O–H groups in total. The SMILES string of the molecule is C=C1CCC(N2C(=O)c3ccc(N4CC5(CN(c6ccc(Nc7nc(N8CCC[C@@H](N9CCN(C)C9=O)C8)cnc7C(N)=O)cc6)C5)C4)cc3C2=O)C(=O)N1. The number of primary amides is 1. The summed E-state index contributed by atoms with van der Waals surface area (Å²) in [6.07, 6.45) is 4.30. The van der Waals surface area contributed by atoms with Crippen molar-refractivity contribution in [1.29, 1.82) is 0 Å². The van der Waals surface area contributed by atoms with Gasteiger partial charge in [0.15, 0.2) is 11.5 Å². The lowest BCUT2D eigenvalue weighted by atomic mass is 9.72. The number of benzene rings is 2. The summed E-state index contributed by atoms with van der Waals surface area (Å²) in [5.41, 5.74) is 9.84. The maximum absolute atomic E-state index is 13.4. The van der Waals surface area contributed by atoms with Gasteiger partial charge in [0.25, 0.3) is 17.7 Å². The van der Waals surface area contributed by atoms with Crippen molar-refractivity contribution in [1.82, 2.24) is 30.0 Å². The van der Waals surface area contributed by atoms with E-state index in [1.165, 1.54) is 0 Å². The van der Waals surface area contributed by atoms with Gasteiger partial charge in [-0.05, 0) is 68.1 Å². The first-order chi connectivity index (χ1) is 26.5. The van der Waals surface area contributed by atoms with Gasteiger partial charge < -0.3 is 40.9 Å². The van der Waals surface area contributed by atoms with Crippen molar-refractivity contribution in [2.45, 2.75) is 37.8 Å². The molecular formula is C39H43N11O5. The summed E-state index contributed by atoms with van der Waals surface area (Å²) in [5.74, 6) is -1.00. The van der Waals surface area contributed by atoms with Gasteiger partial charge in [0, 0.05) is 87.6 Å². The molecule has 55 heavy (non-hydrogen) atoms. The predicted molar refractivity (Wildman–Crippen MR) is 204 cm³/mol. The first-order valence-electron chi connectivity index (χ1n) is 18.8. The van der Waals surface area contributed by atoms with Crippen molar-refractivity contribution >= 4 is 58.4 Å². The topological polar surface area (TPSA) is 181 Å². The number of carbonyl (C=O) groups is 5. The lowest BCUT2D eigenvalue weighted by molar-refractivity contribution is -0.125. The molecule has 284 valence electrons. The zero-order valence-electron chi connectivity index (χ0n) is 30.7. The van der Waals surface area contributed by atoms with E-state index in [4.69, 9.17) is 10.7 Å². The number of likely N-dealkylation sites (N-methyl/N-ethyl adjacent to an activating group) is 1. The molecule has 16 nitrogen and oxygen atoms in total. The number of fused-ring (bicyclic) bond motifs is 1. The molecular weight excluding hydrogens is 703 g/mol. The van der Waals surface area contributed by atoms with E-state index in [0.29, 0.717) is 48.6 Å². The number of nitrogens with two attached hydrogens (primary N) is 1. The molecule has 1 aromatic heterocycles. The number of hydrogen-bond acceptors (Lipinski definition) is 11. The van der Waals surface area contributed by atoms with E-state index in [9.17, 15) is 24.0 Å². The summed E-state index contributed by atoms with van der Waals surface area (Å²) in [6.45, 7) is 10.0. The first-order valence-corrected chi connectivity index (χ1v) is 18.8. The molecule has 1 spiro atoms. The van der Waals surface area contributed by atoms with Gasteiger partial charge in [-0.25, -0.2) is 14.8 Å². The van der Waals surface area contributed by atoms with Crippen LogP contribution in [0.15, 0.2) is 60.9 Å². The van der Waals surface area contributed by atoms with E-state index in [-0.39, 0.29) is 34.9 Å². The van der Waals surface area contributed by atoms with Gasteiger partial charge in [0.2, 0.25) is 5.91 Å². The number of anilines is 5. The molecule has 7 heterocycles. The van der Waals surface area contributed by atoms with E-state index < -0.39 is 23.8 Å². The average Bonchev–Trinajstić information content (AvgIpc) is 3.60. The lowest BCUT2D eigenvalue weighted by Gasteiger charge is -2.61. The number of carbonyl (C=O) groups excluding carboxylic acids is 5. The third-order valence-electron chi connectivity index (χ3n) is 11.9. The molecule has 0 aliphatic carbocycles. The summed E-state index contributed by atoms with van der Waals surface area (Å²) >= 11 is 0. The van der Waals surface area contributed by atoms with Crippen LogP contribution in [0.1, 0.15) is 56.9 Å². The fourth-order valence-electron chi connectivity index (χ4n) is 8.94. The van der Waals surface area contributed by atoms with Crippen molar-refractivity contribution in [2.24, 2.45) is 11.1 Å². The monoisotopic (exact) mass is 745 g/mol. The molecule has 6 aliphatic rings. The smallest absolute Gasteiger partial charge is 0.320 e. The molecule has 0 saturated carbocycles. The maximum atomic E-state index is 13.4. The molecule has 6 aliphatic heterocycles. The van der Waals surface area contributed by atoms with E-state index in [1.54, 1.807) is 23.2 Å². The van der Waals surface area contributed by atoms with Crippen molar-refractivity contribution < 1.29 is 24.0 Å². The van der Waals surface area contributed by atoms with Crippen LogP contribution in [-0.2, 0) is 4.79 Å². The number of nitrogens with one attached hydrogen (secondary N) is 2. The fourth-order valence-corrected chi connectivity index (χ4v) is 8.94. The standard InChI is InChI=1S/C39H43N11O5/c1-23-5-12-30(35(52)42-23)50-36(53)28-11-10-26(16-29(28)37(50)54)48-21-39(22-48)19-47(20-39)25-8-6-24(7-9-25)43-34-32(33(40)51)41-17-31(44-34)46-13-3-4-27(18-46)49-15-14-45(2)38(49)55/h6-11,16-17,27,30H,1,3-5,12-15,18-22H2,2H3,(H2,40,51)(H,42,52)(H,43,44)/t27-,30?/m1/s1. The molecule has 16 heteroatoms. The zero-order chi connectivity index (χ0) is 38.2. The number of imide groups is 1. The van der Waals surface area contributed by atoms with Crippen LogP contribution in [0.5, 0.6) is 0 Å². The second-order valence-corrected chi connectivity index (χ2v) is 15.7. The fraction of sp³-hybridized carbons (Fsp3) is 0.410. The Balaban J connectivity index is 0.815. The Labute approximate surface area is 317 Å². The summed E-state index contributed by atoms with van der Waals surface area (Å²) in [7, 11) is 1.82. The van der Waals surface area contributed by atoms with Gasteiger partial charge in [-0.2, -0.15) is 0 Å². The Morgan fingerprint density at radius 1 is 0.909 bits per heavy atom. The number of piperidine rings is 2. The predicted octanol–water partition coefficient (Wildman–Crippen LogP) is 2.37. The van der Waals surface area contributed by atoms with Crippen LogP contribution in [0.3, 0.4) is 0 Å². The van der Waals surface area contributed by atoms with Gasteiger partial charge in [-0.1, -0.05) is 6.58 Å². The molecule has 6 amide bonds. The van der Waals surface area contributed by atoms with Gasteiger partial charge in [0.05, 0.1) is 23.4 Å². The first kappa shape index (κ1) is 34.6. The average molecular weight is 746 g/mol. The Bertz CT molecular complexity index is 2140. The van der Waals surface area contributed by atoms with Crippen LogP contribution in [0.25, 0.3) is 0 Å². The molecule has 5 fully saturated rings. The van der Waals surface area contributed by atoms with Crippen LogP contribution in [0.4, 0.5) is 33.5 Å². The van der Waals surface area contributed by atoms with E-state index >= 15 is 0 Å². The second-order valence-electron chi connectivity index (χ2n) is 15.7. The van der Waals surface area contributed by atoms with E-state index in [2.05, 4.69) is 36.9 Å². The van der Waals surface area contributed by atoms with E-state index in [0.717, 1.165) is 74.1 Å². The molecule has 2 atom stereocenters. The molecule has 1 unspecified atom stereocenters. The third-order valence-corrected chi connectivity index (χ3v) is 11.9. The number of hydrogen-bond donors (Lipinski definition) is 3. The quantitative estimate of drug-likeness (QED) is 0.288. The van der Waals surface area contributed by atoms with Crippen molar-refractivity contribution in [2.75, 3.05) is 79.4 Å². The summed E-state index contributed by atoms with van der Waals surface area (Å²) < 4.78 is 0. The molecule has 3 aromatic rings. The van der Waals surface area contributed by atoms with Crippen molar-refractivity contribution in [3.05, 3.63) is 77.8 Å². The number of aromatic nitrogens is 2. The summed E-state index contributed by atoms with van der Waals surface area (Å²) in [4.78, 5) is 84.7. The van der Waals surface area contributed by atoms with Crippen LogP contribution in [-0.4, -0.2) is 126 Å². The highest BCUT2D eigenvalue weighted by atomic mass is 16.2. The summed E-state index contributed by atoms with van der Waals surface area (Å²) in [5, 5.41) is 5.93. The van der Waals surface area contributed by atoms with Gasteiger partial charge in [-0.15, -0.1) is 0 Å². The van der Waals surface area contributed by atoms with Crippen LogP contribution < -0.4 is 31.1 Å². The Morgan fingerprint density at radius 2 is 1.62 bits per heavy atom. The minimum Gasteiger partial charge on any atom is -0.370 e. The molecule has 0 bridgehead atoms. The highest BCUT2D eigenvalue weighted by Gasteiger charge is 2.52. The van der Waals surface area contributed by atoms with Crippen LogP contribution in [0, 0.1) is 5.41 Å². The number of nitrogens with zero attached hydrogens (tertiary/aromatic N) is 8. The normalized spacial score (nSPS) is 23.3. The minimum atomic E-state index is -0.831. The number of amides is 6. The van der Waals surface area contributed by atoms with Gasteiger partial charge >= 0.3 is 6.03 Å². The largest absolute Gasteiger partial charge is 0.370 e. The lowest BCUT2D eigenvalue weighted by Crippen LogP contribution is -2.72. The maximum Gasteiger partial charge on any atom is 0.320 e. The number of urea groups is 1. The zero-order valence-corrected chi connectivity index (χ0v) is 30.7. The second kappa shape index (κ2) is 13.0. The number of allylic oxidation sites excluding steroid dienone is 1. The molecule has 5 saturated heterocycles. The minimum absolute atomic E-state index is 0.0526. The van der Waals surface area contributed by atoms with Crippen molar-refractivity contribution in [3.63, 3.8) is 0 Å². The van der Waals surface area contributed by atoms with E-state index in [1.807, 2.05) is 42.3 Å². The number of rotatable bonds is 8. The molecule has 9 rings (SSSR count). The van der Waals surface area contributed by atoms with Gasteiger partial charge in [-0.3, -0.25) is 24.1 Å².